The molecule has 0 aliphatic carbocycles. The van der Waals surface area contributed by atoms with E-state index in [-0.39, 0.29) is 6.03 Å². The van der Waals surface area contributed by atoms with Crippen LogP contribution in [0.15, 0.2) is 60.9 Å². The molecule has 0 unspecified atom stereocenters. The molecule has 3 aromatic rings. The van der Waals surface area contributed by atoms with E-state index in [0.717, 1.165) is 11.4 Å². The molecule has 0 saturated heterocycles. The summed E-state index contributed by atoms with van der Waals surface area (Å²) in [5.74, 6) is 1.35. The molecule has 30 heavy (non-hydrogen) atoms. The lowest BCUT2D eigenvalue weighted by Crippen LogP contribution is -2.19. The van der Waals surface area contributed by atoms with Crippen molar-refractivity contribution in [3.63, 3.8) is 0 Å². The average molecular weight is 407 g/mol. The Morgan fingerprint density at radius 1 is 1.00 bits per heavy atom. The predicted octanol–water partition coefficient (Wildman–Crippen LogP) is 4.88. The zero-order valence-corrected chi connectivity index (χ0v) is 17.2. The topological polar surface area (TPSA) is 97.3 Å². The van der Waals surface area contributed by atoms with Gasteiger partial charge in [-0.05, 0) is 35.9 Å². The predicted molar refractivity (Wildman–Crippen MR) is 117 cm³/mol. The summed E-state index contributed by atoms with van der Waals surface area (Å²) in [5.41, 5.74) is 2.79. The van der Waals surface area contributed by atoms with E-state index in [1.807, 2.05) is 30.5 Å². The SMILES string of the molecule is COC(=O)Nc1cccc(NC(=O)Nc2cccc(Cn3ccnc3C(C)C)c2)c1. The number of nitrogens with one attached hydrogen (secondary N) is 3. The van der Waals surface area contributed by atoms with Crippen LogP contribution in [0.1, 0.15) is 31.2 Å². The molecule has 2 aromatic carbocycles. The van der Waals surface area contributed by atoms with Gasteiger partial charge in [-0.2, -0.15) is 0 Å². The maximum atomic E-state index is 12.4. The Hall–Kier alpha value is -3.81. The van der Waals surface area contributed by atoms with Crippen LogP contribution in [0, 0.1) is 0 Å². The molecule has 1 aromatic heterocycles. The molecule has 0 aliphatic heterocycles. The van der Waals surface area contributed by atoms with Crippen LogP contribution >= 0.6 is 0 Å². The molecule has 0 saturated carbocycles. The molecule has 0 radical (unpaired) electrons. The van der Waals surface area contributed by atoms with E-state index < -0.39 is 6.09 Å². The Bertz CT molecular complexity index is 1030. The number of anilines is 3. The quantitative estimate of drug-likeness (QED) is 0.543. The molecule has 3 N–H and O–H groups in total. The number of nitrogens with zero attached hydrogens (tertiary/aromatic N) is 2. The minimum atomic E-state index is -0.577. The first-order valence-corrected chi connectivity index (χ1v) is 9.57. The van der Waals surface area contributed by atoms with Gasteiger partial charge in [0, 0.05) is 41.9 Å². The van der Waals surface area contributed by atoms with Gasteiger partial charge in [-0.3, -0.25) is 5.32 Å². The normalized spacial score (nSPS) is 10.5. The van der Waals surface area contributed by atoms with Crippen LogP contribution in [0.25, 0.3) is 0 Å². The van der Waals surface area contributed by atoms with Crippen LogP contribution in [0.4, 0.5) is 26.7 Å². The maximum absolute atomic E-state index is 12.4. The smallest absolute Gasteiger partial charge is 0.411 e. The van der Waals surface area contributed by atoms with Crippen LogP contribution in [0.5, 0.6) is 0 Å². The molecule has 0 spiro atoms. The fourth-order valence-electron chi connectivity index (χ4n) is 3.04. The Labute approximate surface area is 175 Å². The van der Waals surface area contributed by atoms with Gasteiger partial charge in [0.2, 0.25) is 0 Å². The summed E-state index contributed by atoms with van der Waals surface area (Å²) in [7, 11) is 1.29. The van der Waals surface area contributed by atoms with Crippen molar-refractivity contribution in [2.45, 2.75) is 26.3 Å². The first-order valence-electron chi connectivity index (χ1n) is 9.57. The van der Waals surface area contributed by atoms with Gasteiger partial charge in [0.1, 0.15) is 5.82 Å². The number of methoxy groups -OCH3 is 1. The number of rotatable bonds is 6. The third-order valence-electron chi connectivity index (χ3n) is 4.35. The highest BCUT2D eigenvalue weighted by Crippen LogP contribution is 2.18. The number of amides is 3. The molecule has 3 amide bonds. The van der Waals surface area contributed by atoms with Crippen molar-refractivity contribution >= 4 is 29.2 Å². The molecule has 8 nitrogen and oxygen atoms in total. The van der Waals surface area contributed by atoms with E-state index >= 15 is 0 Å². The van der Waals surface area contributed by atoms with E-state index in [9.17, 15) is 9.59 Å². The molecule has 8 heteroatoms. The summed E-state index contributed by atoms with van der Waals surface area (Å²) in [6.45, 7) is 4.89. The van der Waals surface area contributed by atoms with Crippen molar-refractivity contribution in [3.8, 4) is 0 Å². The summed E-state index contributed by atoms with van der Waals surface area (Å²) in [4.78, 5) is 28.1. The molecule has 156 valence electrons. The lowest BCUT2D eigenvalue weighted by atomic mass is 10.1. The lowest BCUT2D eigenvalue weighted by molar-refractivity contribution is 0.187. The van der Waals surface area contributed by atoms with Crippen molar-refractivity contribution in [1.29, 1.82) is 0 Å². The molecule has 0 atom stereocenters. The lowest BCUT2D eigenvalue weighted by Gasteiger charge is -2.12. The third-order valence-corrected chi connectivity index (χ3v) is 4.35. The van der Waals surface area contributed by atoms with Gasteiger partial charge in [0.25, 0.3) is 0 Å². The van der Waals surface area contributed by atoms with E-state index in [1.165, 1.54) is 7.11 Å². The Morgan fingerprint density at radius 3 is 2.30 bits per heavy atom. The zero-order valence-electron chi connectivity index (χ0n) is 17.2. The highest BCUT2D eigenvalue weighted by atomic mass is 16.5. The Morgan fingerprint density at radius 2 is 1.63 bits per heavy atom. The van der Waals surface area contributed by atoms with Crippen LogP contribution in [-0.4, -0.2) is 28.8 Å². The largest absolute Gasteiger partial charge is 0.453 e. The van der Waals surface area contributed by atoms with E-state index in [4.69, 9.17) is 0 Å². The van der Waals surface area contributed by atoms with Gasteiger partial charge >= 0.3 is 12.1 Å². The van der Waals surface area contributed by atoms with Gasteiger partial charge < -0.3 is 19.9 Å². The standard InChI is InChI=1S/C22H25N5O3/c1-15(2)20-23-10-11-27(20)14-16-6-4-7-17(12-16)24-21(28)25-18-8-5-9-19(13-18)26-22(29)30-3/h4-13,15H,14H2,1-3H3,(H,26,29)(H2,24,25,28). The minimum absolute atomic E-state index is 0.330. The van der Waals surface area contributed by atoms with Crippen molar-refractivity contribution in [3.05, 3.63) is 72.3 Å². The summed E-state index contributed by atoms with van der Waals surface area (Å²) >= 11 is 0. The summed E-state index contributed by atoms with van der Waals surface area (Å²) in [6.07, 6.45) is 3.18. The highest BCUT2D eigenvalue weighted by molar-refractivity contribution is 6.00. The van der Waals surface area contributed by atoms with Gasteiger partial charge in [-0.15, -0.1) is 0 Å². The number of aromatic nitrogens is 2. The Kier molecular flexibility index (Phi) is 6.69. The van der Waals surface area contributed by atoms with Crippen LogP contribution < -0.4 is 16.0 Å². The van der Waals surface area contributed by atoms with E-state index in [2.05, 4.69) is 44.1 Å². The molecule has 3 rings (SSSR count). The average Bonchev–Trinajstić information content (AvgIpc) is 3.16. The minimum Gasteiger partial charge on any atom is -0.453 e. The second-order valence-electron chi connectivity index (χ2n) is 7.04. The highest BCUT2D eigenvalue weighted by Gasteiger charge is 2.09. The number of ether oxygens (including phenoxy) is 1. The second-order valence-corrected chi connectivity index (χ2v) is 7.04. The number of hydrogen-bond donors (Lipinski definition) is 3. The van der Waals surface area contributed by atoms with Gasteiger partial charge in [0.05, 0.1) is 7.11 Å². The maximum Gasteiger partial charge on any atom is 0.411 e. The van der Waals surface area contributed by atoms with Crippen LogP contribution in [0.3, 0.4) is 0 Å². The zero-order chi connectivity index (χ0) is 21.5. The molecule has 0 aliphatic rings. The van der Waals surface area contributed by atoms with E-state index in [0.29, 0.717) is 29.5 Å². The van der Waals surface area contributed by atoms with Crippen LogP contribution in [-0.2, 0) is 11.3 Å². The van der Waals surface area contributed by atoms with Crippen molar-refractivity contribution in [2.75, 3.05) is 23.1 Å². The number of imidazole rings is 1. The molecular weight excluding hydrogens is 382 g/mol. The number of carbonyl (C=O) groups is 2. The van der Waals surface area contributed by atoms with Crippen molar-refractivity contribution < 1.29 is 14.3 Å². The Balaban J connectivity index is 1.63. The monoisotopic (exact) mass is 407 g/mol. The van der Waals surface area contributed by atoms with Gasteiger partial charge in [-0.1, -0.05) is 32.0 Å². The number of carbonyl (C=O) groups excluding carboxylic acids is 2. The fourth-order valence-corrected chi connectivity index (χ4v) is 3.04. The molecule has 1 heterocycles. The number of hydrogen-bond acceptors (Lipinski definition) is 4. The molecular formula is C22H25N5O3. The van der Waals surface area contributed by atoms with Crippen molar-refractivity contribution in [1.82, 2.24) is 9.55 Å². The second kappa shape index (κ2) is 9.60. The molecule has 0 bridgehead atoms. The summed E-state index contributed by atoms with van der Waals surface area (Å²) < 4.78 is 6.67. The fraction of sp³-hybridized carbons (Fsp3) is 0.227. The van der Waals surface area contributed by atoms with Crippen LogP contribution in [0.2, 0.25) is 0 Å². The van der Waals surface area contributed by atoms with Crippen molar-refractivity contribution in [2.24, 2.45) is 0 Å². The third kappa shape index (κ3) is 5.60. The summed E-state index contributed by atoms with van der Waals surface area (Å²) in [5, 5.41) is 8.14. The molecule has 0 fully saturated rings. The number of urea groups is 1. The number of benzene rings is 2. The summed E-state index contributed by atoms with van der Waals surface area (Å²) in [6, 6.07) is 14.1. The van der Waals surface area contributed by atoms with Gasteiger partial charge in [-0.25, -0.2) is 14.6 Å². The first kappa shape index (κ1) is 20.9. The first-order chi connectivity index (χ1) is 14.4. The van der Waals surface area contributed by atoms with Gasteiger partial charge in [0.15, 0.2) is 0 Å². The van der Waals surface area contributed by atoms with E-state index in [1.54, 1.807) is 30.5 Å².